The number of ether oxygens (including phenoxy) is 1. The van der Waals surface area contributed by atoms with Gasteiger partial charge in [-0.15, -0.1) is 5.10 Å². The lowest BCUT2D eigenvalue weighted by molar-refractivity contribution is 0.0519. The van der Waals surface area contributed by atoms with Crippen LogP contribution in [0.3, 0.4) is 0 Å². The van der Waals surface area contributed by atoms with Crippen molar-refractivity contribution in [3.63, 3.8) is 0 Å². The summed E-state index contributed by atoms with van der Waals surface area (Å²) in [5.74, 6) is -0.469. The highest BCUT2D eigenvalue weighted by Crippen LogP contribution is 2.19. The summed E-state index contributed by atoms with van der Waals surface area (Å²) in [6.07, 6.45) is 0. The van der Waals surface area contributed by atoms with Gasteiger partial charge in [-0.05, 0) is 26.8 Å². The molecule has 2 aromatic rings. The summed E-state index contributed by atoms with van der Waals surface area (Å²) in [5.41, 5.74) is 2.02. The minimum Gasteiger partial charge on any atom is -0.461 e. The van der Waals surface area contributed by atoms with Gasteiger partial charge in [0.25, 0.3) is 0 Å². The van der Waals surface area contributed by atoms with E-state index in [9.17, 15) is 4.79 Å². The molecule has 0 bridgehead atoms. The molecule has 0 radical (unpaired) electrons. The number of rotatable bonds is 3. The normalized spacial score (nSPS) is 10.5. The minimum absolute atomic E-state index is 0.211. The number of carbonyl (C=O) groups is 1. The Morgan fingerprint density at radius 3 is 2.88 bits per heavy atom. The van der Waals surface area contributed by atoms with E-state index >= 15 is 0 Å². The lowest BCUT2D eigenvalue weighted by atomic mass is 10.4. The predicted molar refractivity (Wildman–Crippen MR) is 62.5 cm³/mol. The molecule has 2 aromatic heterocycles. The zero-order chi connectivity index (χ0) is 12.4. The molecular weight excluding hydrogens is 240 g/mol. The second-order valence-corrected chi connectivity index (χ2v) is 4.22. The summed E-state index contributed by atoms with van der Waals surface area (Å²) in [5, 5.41) is 8.68. The largest absolute Gasteiger partial charge is 0.461 e. The van der Waals surface area contributed by atoms with Crippen molar-refractivity contribution >= 4 is 17.5 Å². The quantitative estimate of drug-likeness (QED) is 0.774. The van der Waals surface area contributed by atoms with Crippen molar-refractivity contribution in [2.75, 3.05) is 6.61 Å². The summed E-state index contributed by atoms with van der Waals surface area (Å²) in [7, 11) is 0. The number of aromatic nitrogens is 4. The van der Waals surface area contributed by atoms with Crippen molar-refractivity contribution in [3.05, 3.63) is 23.1 Å². The van der Waals surface area contributed by atoms with Crippen LogP contribution in [0.25, 0.3) is 5.00 Å². The average Bonchev–Trinajstić information content (AvgIpc) is 2.84. The molecule has 2 heterocycles. The van der Waals surface area contributed by atoms with Gasteiger partial charge in [-0.1, -0.05) is 4.49 Å². The van der Waals surface area contributed by atoms with Gasteiger partial charge in [0.05, 0.1) is 12.3 Å². The zero-order valence-corrected chi connectivity index (χ0v) is 10.6. The maximum Gasteiger partial charge on any atom is 0.362 e. The number of hydrogen-bond acceptors (Lipinski definition) is 6. The molecule has 0 aromatic carbocycles. The van der Waals surface area contributed by atoms with Gasteiger partial charge in [0.1, 0.15) is 0 Å². The number of aryl methyl sites for hydroxylation is 2. The molecule has 0 atom stereocenters. The molecule has 0 saturated carbocycles. The van der Waals surface area contributed by atoms with Crippen LogP contribution in [0.4, 0.5) is 0 Å². The molecule has 6 nitrogen and oxygen atoms in total. The smallest absolute Gasteiger partial charge is 0.362 e. The fourth-order valence-electron chi connectivity index (χ4n) is 1.49. The van der Waals surface area contributed by atoms with Gasteiger partial charge in [-0.25, -0.2) is 9.48 Å². The van der Waals surface area contributed by atoms with Crippen LogP contribution < -0.4 is 0 Å². The average molecular weight is 252 g/mol. The molecule has 0 fully saturated rings. The van der Waals surface area contributed by atoms with Gasteiger partial charge in [0.15, 0.2) is 5.00 Å². The van der Waals surface area contributed by atoms with E-state index in [1.54, 1.807) is 11.6 Å². The topological polar surface area (TPSA) is 69.9 Å². The zero-order valence-electron chi connectivity index (χ0n) is 9.80. The molecule has 7 heteroatoms. The summed E-state index contributed by atoms with van der Waals surface area (Å²) >= 11 is 1.12. The van der Waals surface area contributed by atoms with Crippen molar-refractivity contribution in [1.82, 2.24) is 19.4 Å². The molecule has 0 amide bonds. The summed E-state index contributed by atoms with van der Waals surface area (Å²) in [6.45, 7) is 5.87. The first-order valence-electron chi connectivity index (χ1n) is 5.16. The molecule has 0 unspecified atom stereocenters. The van der Waals surface area contributed by atoms with E-state index in [4.69, 9.17) is 4.74 Å². The second kappa shape index (κ2) is 4.62. The highest BCUT2D eigenvalue weighted by atomic mass is 32.1. The SMILES string of the molecule is CCOC(=O)c1nnsc1-n1nc(C)cc1C. The Labute approximate surface area is 102 Å². The van der Waals surface area contributed by atoms with Crippen LogP contribution in [-0.4, -0.2) is 31.9 Å². The first-order valence-corrected chi connectivity index (χ1v) is 5.94. The third-order valence-electron chi connectivity index (χ3n) is 2.14. The first-order chi connectivity index (χ1) is 8.13. The Bertz CT molecular complexity index is 546. The van der Waals surface area contributed by atoms with E-state index in [0.717, 1.165) is 22.9 Å². The monoisotopic (exact) mass is 252 g/mol. The molecule has 17 heavy (non-hydrogen) atoms. The molecule has 0 aliphatic carbocycles. The Balaban J connectivity index is 2.43. The van der Waals surface area contributed by atoms with E-state index < -0.39 is 5.97 Å². The van der Waals surface area contributed by atoms with Crippen LogP contribution >= 0.6 is 11.5 Å². The van der Waals surface area contributed by atoms with Crippen LogP contribution in [0.2, 0.25) is 0 Å². The Morgan fingerprint density at radius 1 is 1.53 bits per heavy atom. The Kier molecular flexibility index (Phi) is 3.19. The van der Waals surface area contributed by atoms with Gasteiger partial charge in [-0.2, -0.15) is 5.10 Å². The van der Waals surface area contributed by atoms with Gasteiger partial charge in [-0.3, -0.25) is 0 Å². The molecular formula is C10H12N4O2S. The maximum absolute atomic E-state index is 11.7. The summed E-state index contributed by atoms with van der Waals surface area (Å²) in [4.78, 5) is 11.7. The summed E-state index contributed by atoms with van der Waals surface area (Å²) in [6, 6.07) is 1.93. The first kappa shape index (κ1) is 11.7. The number of carbonyl (C=O) groups excluding carboxylic acids is 1. The van der Waals surface area contributed by atoms with Crippen LogP contribution in [0.5, 0.6) is 0 Å². The summed E-state index contributed by atoms with van der Waals surface area (Å²) < 4.78 is 10.4. The number of hydrogen-bond donors (Lipinski definition) is 0. The van der Waals surface area contributed by atoms with E-state index in [2.05, 4.69) is 14.7 Å². The molecule has 0 aliphatic rings. The lowest BCUT2D eigenvalue weighted by Gasteiger charge is -2.02. The van der Waals surface area contributed by atoms with Crippen molar-refractivity contribution in [2.45, 2.75) is 20.8 Å². The maximum atomic E-state index is 11.7. The van der Waals surface area contributed by atoms with Crippen molar-refractivity contribution in [3.8, 4) is 5.00 Å². The van der Waals surface area contributed by atoms with E-state index in [1.807, 2.05) is 19.9 Å². The van der Waals surface area contributed by atoms with Crippen LogP contribution in [-0.2, 0) is 4.74 Å². The van der Waals surface area contributed by atoms with Gasteiger partial charge in [0, 0.05) is 17.2 Å². The lowest BCUT2D eigenvalue weighted by Crippen LogP contribution is -2.10. The molecule has 90 valence electrons. The van der Waals surface area contributed by atoms with E-state index in [1.165, 1.54) is 0 Å². The molecule has 0 saturated heterocycles. The number of nitrogens with zero attached hydrogens (tertiary/aromatic N) is 4. The highest BCUT2D eigenvalue weighted by molar-refractivity contribution is 7.08. The fraction of sp³-hybridized carbons (Fsp3) is 0.400. The van der Waals surface area contributed by atoms with Crippen LogP contribution in [0.1, 0.15) is 28.8 Å². The van der Waals surface area contributed by atoms with Gasteiger partial charge >= 0.3 is 5.97 Å². The highest BCUT2D eigenvalue weighted by Gasteiger charge is 2.20. The molecule has 0 N–H and O–H groups in total. The molecule has 0 spiro atoms. The number of esters is 1. The third-order valence-corrected chi connectivity index (χ3v) is 2.84. The van der Waals surface area contributed by atoms with E-state index in [0.29, 0.717) is 11.6 Å². The standard InChI is InChI=1S/C10H12N4O2S/c1-4-16-10(15)8-9(17-13-11-8)14-7(3)5-6(2)12-14/h5H,4H2,1-3H3. The van der Waals surface area contributed by atoms with E-state index in [-0.39, 0.29) is 5.69 Å². The van der Waals surface area contributed by atoms with Crippen molar-refractivity contribution < 1.29 is 9.53 Å². The third kappa shape index (κ3) is 2.19. The Hall–Kier alpha value is -1.76. The Morgan fingerprint density at radius 2 is 2.29 bits per heavy atom. The second-order valence-electron chi connectivity index (χ2n) is 3.49. The fourth-order valence-corrected chi connectivity index (χ4v) is 2.16. The van der Waals surface area contributed by atoms with Gasteiger partial charge in [0.2, 0.25) is 5.69 Å². The van der Waals surface area contributed by atoms with Gasteiger partial charge < -0.3 is 4.74 Å². The molecule has 2 rings (SSSR count). The van der Waals surface area contributed by atoms with Crippen LogP contribution in [0, 0.1) is 13.8 Å². The predicted octanol–water partition coefficient (Wildman–Crippen LogP) is 1.52. The van der Waals surface area contributed by atoms with Crippen molar-refractivity contribution in [1.29, 1.82) is 0 Å². The minimum atomic E-state index is -0.469. The molecule has 0 aliphatic heterocycles. The van der Waals surface area contributed by atoms with Crippen LogP contribution in [0.15, 0.2) is 6.07 Å². The van der Waals surface area contributed by atoms with Crippen molar-refractivity contribution in [2.24, 2.45) is 0 Å².